The summed E-state index contributed by atoms with van der Waals surface area (Å²) in [7, 11) is 3.73. The number of aromatic nitrogens is 3. The molecule has 0 saturated heterocycles. The summed E-state index contributed by atoms with van der Waals surface area (Å²) in [6.07, 6.45) is 0. The zero-order valence-electron chi connectivity index (χ0n) is 51.9. The van der Waals surface area contributed by atoms with Crippen molar-refractivity contribution in [1.82, 2.24) is 13.7 Å². The number of hydrogen-bond donors (Lipinski definition) is 7. The number of benzene rings is 5. The molecule has 3 aromatic heterocycles. The summed E-state index contributed by atoms with van der Waals surface area (Å²) in [6, 6.07) is 14.2. The van der Waals surface area contributed by atoms with E-state index < -0.39 is 122 Å². The number of non-ortho nitro benzene ring substituents is 1. The van der Waals surface area contributed by atoms with Crippen molar-refractivity contribution in [2.24, 2.45) is 41.6 Å². The first-order valence-corrected chi connectivity index (χ1v) is 29.8. The smallest absolute Gasteiger partial charge is 0.281 e. The molecular weight excluding hydrogens is 1400 g/mol. The van der Waals surface area contributed by atoms with Crippen molar-refractivity contribution in [2.75, 3.05) is 10.9 Å². The number of nitrogens with zero attached hydrogens (tertiary/aromatic N) is 11. The molecule has 3 heterocycles. The Morgan fingerprint density at radius 3 is 1.23 bits per heavy atom. The molecule has 0 atom stereocenters. The van der Waals surface area contributed by atoms with Gasteiger partial charge in [-0.15, -0.1) is 20.5 Å². The molecule has 0 fully saturated rings. The number of phenols is 2. The maximum Gasteiger partial charge on any atom is 0.281 e. The number of nitro benzene ring substituents is 1. The molecule has 5 aromatic carbocycles. The molecule has 0 bridgehead atoms. The lowest BCUT2D eigenvalue weighted by molar-refractivity contribution is -0.383. The second-order valence-electron chi connectivity index (χ2n) is 21.7. The number of hydrogen-bond acceptors (Lipinski definition) is 24. The van der Waals surface area contributed by atoms with Crippen molar-refractivity contribution in [3.8, 4) is 29.1 Å². The first kappa shape index (κ1) is 70.4. The number of carbonyl (C=O) groups is 4. The van der Waals surface area contributed by atoms with Crippen molar-refractivity contribution >= 4 is 137 Å². The summed E-state index contributed by atoms with van der Waals surface area (Å²) < 4.78 is 2.47. The highest BCUT2D eigenvalue weighted by Crippen LogP contribution is 2.47. The standard InChI is InChI=1S/2C22H12Cl2N4O5.C22H13N5O8/c2*1-8-16(25-2)21(32)28(3)22(33)17(8)26-27-18-11(24)7-10(23)14-15(18)20(31)13-9(19(14)30)5-4-6-12(13)29;1-8-17(23-2)21(32)26(3)22(33)18(8)25-24-9-4-5-10(27(34)35)14-13(9)19(30)15-11(28)6-7-12(29)16(15)20(14)31/h2*4-7,29,32H,1,3H3;4-7,24-25,32H,1,3H3. The van der Waals surface area contributed by atoms with E-state index in [-0.39, 0.29) is 132 Å². The highest BCUT2D eigenvalue weighted by atomic mass is 35.5. The van der Waals surface area contributed by atoms with Crippen molar-refractivity contribution < 1.29 is 49.6 Å². The Labute approximate surface area is 580 Å². The van der Waals surface area contributed by atoms with E-state index in [1.54, 1.807) is 0 Å². The third kappa shape index (κ3) is 11.4. The van der Waals surface area contributed by atoms with E-state index in [1.165, 1.54) is 90.4 Å². The third-order valence-corrected chi connectivity index (χ3v) is 17.4. The number of nitro groups is 1. The van der Waals surface area contributed by atoms with Gasteiger partial charge in [0, 0.05) is 38.3 Å². The van der Waals surface area contributed by atoms with E-state index in [0.29, 0.717) is 0 Å². The lowest BCUT2D eigenvalue weighted by atomic mass is 9.82. The first-order chi connectivity index (χ1) is 47.7. The maximum absolute atomic E-state index is 13.3. The molecule has 12 rings (SSSR count). The largest absolute Gasteiger partial charge is 0.507 e. The molecule has 0 spiro atoms. The molecule has 0 aliphatic heterocycles. The van der Waals surface area contributed by atoms with E-state index in [2.05, 4.69) is 45.8 Å². The number of hydrazine groups is 1. The fourth-order valence-corrected chi connectivity index (χ4v) is 12.2. The fourth-order valence-electron chi connectivity index (χ4n) is 11.0. The molecule has 0 unspecified atom stereocenters. The summed E-state index contributed by atoms with van der Waals surface area (Å²) >= 11 is 25.0. The van der Waals surface area contributed by atoms with Crippen LogP contribution in [0.25, 0.3) is 25.3 Å². The topological polar surface area (TPSA) is 433 Å². The van der Waals surface area contributed by atoms with Gasteiger partial charge in [0.25, 0.3) is 22.4 Å². The first-order valence-electron chi connectivity index (χ1n) is 28.2. The van der Waals surface area contributed by atoms with Crippen LogP contribution in [-0.4, -0.2) is 67.3 Å². The number of phenolic OH excluding ortho intramolecular Hbond substituents is 2. The average Bonchev–Trinajstić information content (AvgIpc) is 0.740. The summed E-state index contributed by atoms with van der Waals surface area (Å²) in [6.45, 7) is 25.9. The molecule has 31 nitrogen and oxygen atoms in total. The summed E-state index contributed by atoms with van der Waals surface area (Å²) in [5.41, 5.74) is -5.17. The summed E-state index contributed by atoms with van der Waals surface area (Å²) in [4.78, 5) is 162. The van der Waals surface area contributed by atoms with E-state index in [4.69, 9.17) is 66.1 Å². The summed E-state index contributed by atoms with van der Waals surface area (Å²) in [5, 5.41) is 74.7. The van der Waals surface area contributed by atoms with Gasteiger partial charge in [-0.05, 0) is 79.9 Å². The Morgan fingerprint density at radius 2 is 0.832 bits per heavy atom. The second-order valence-corrected chi connectivity index (χ2v) is 23.4. The van der Waals surface area contributed by atoms with Crippen LogP contribution in [-0.2, 0) is 21.1 Å². The van der Waals surface area contributed by atoms with Crippen LogP contribution in [0.4, 0.5) is 56.9 Å². The molecule has 7 N–H and O–H groups in total. The van der Waals surface area contributed by atoms with Crippen molar-refractivity contribution in [3.05, 3.63) is 281 Å². The number of fused-ring (bicyclic) bond motifs is 5. The minimum absolute atomic E-state index is 0.0236. The number of anilines is 2. The van der Waals surface area contributed by atoms with Gasteiger partial charge in [-0.25, -0.2) is 14.5 Å². The van der Waals surface area contributed by atoms with Crippen LogP contribution in [0.1, 0.15) is 80.4 Å². The minimum Gasteiger partial charge on any atom is -0.507 e. The van der Waals surface area contributed by atoms with Crippen LogP contribution in [0.3, 0.4) is 0 Å². The van der Waals surface area contributed by atoms with Crippen LogP contribution in [0.15, 0.2) is 127 Å². The number of halogens is 4. The van der Waals surface area contributed by atoms with Gasteiger partial charge in [0.2, 0.25) is 39.5 Å². The van der Waals surface area contributed by atoms with E-state index in [0.717, 1.165) is 38.0 Å². The van der Waals surface area contributed by atoms with Crippen LogP contribution in [0.2, 0.25) is 20.1 Å². The number of rotatable bonds is 8. The highest BCUT2D eigenvalue weighted by Gasteiger charge is 2.39. The number of nitrogens with one attached hydrogen (secondary N) is 2. The Kier molecular flexibility index (Phi) is 18.5. The molecule has 4 aliphatic carbocycles. The number of azo groups is 2. The molecule has 502 valence electrons. The molecule has 0 radical (unpaired) electrons. The Bertz CT molecular complexity index is 6040. The Balaban J connectivity index is 0.000000163. The van der Waals surface area contributed by atoms with Gasteiger partial charge >= 0.3 is 0 Å². The molecule has 35 heteroatoms. The molecule has 101 heavy (non-hydrogen) atoms. The van der Waals surface area contributed by atoms with Crippen LogP contribution in [0.5, 0.6) is 29.1 Å². The van der Waals surface area contributed by atoms with E-state index >= 15 is 0 Å². The normalized spacial score (nSPS) is 12.0. The molecule has 0 saturated carbocycles. The van der Waals surface area contributed by atoms with Gasteiger partial charge in [-0.1, -0.05) is 70.7 Å². The number of pyridine rings is 3. The van der Waals surface area contributed by atoms with Gasteiger partial charge in [0.15, 0.2) is 40.1 Å². The molecule has 8 aromatic rings. The maximum atomic E-state index is 13.3. The van der Waals surface area contributed by atoms with Gasteiger partial charge in [-0.2, -0.15) is 0 Å². The number of aromatic hydroxyl groups is 5. The lowest BCUT2D eigenvalue weighted by Gasteiger charge is -2.21. The Morgan fingerprint density at radius 1 is 0.455 bits per heavy atom. The predicted octanol–water partition coefficient (Wildman–Crippen LogP) is 10.8. The van der Waals surface area contributed by atoms with E-state index in [9.17, 15) is 88.4 Å². The number of ketones is 4. The highest BCUT2D eigenvalue weighted by molar-refractivity contribution is 6.44. The zero-order valence-corrected chi connectivity index (χ0v) is 54.9. The third-order valence-electron chi connectivity index (χ3n) is 16.2. The van der Waals surface area contributed by atoms with Gasteiger partial charge in [-0.3, -0.25) is 87.4 Å². The number of carbonyl (C=O) groups excluding carboxylic acids is 4. The SMILES string of the molecule is [C-]#[N+]c1c(C)c(N=Nc2c(Cl)cc(Cl)c3c2C(=O)c2c(O)cccc2C3=O)c(=O)n(C)c1O.[C-]#[N+]c1c(C)c(N=Nc2c(Cl)cc(Cl)c3c2C(=O)c2c(O)cccc2C3=O)c(=O)n(C)c1O.[C-]#[N+]c1c(C)c(NNc2ccc([N+](=O)[O-])c3c(=O)c4c(=O)ccc(=O)c=4c(=O)c23)c(=O)n(C)c1O. The van der Waals surface area contributed by atoms with Crippen molar-refractivity contribution in [2.45, 2.75) is 20.8 Å². The van der Waals surface area contributed by atoms with Gasteiger partial charge < -0.3 is 25.5 Å². The molecule has 0 amide bonds. The zero-order chi connectivity index (χ0) is 74.1. The van der Waals surface area contributed by atoms with Gasteiger partial charge in [0.05, 0.1) is 99.6 Å². The molecule has 4 aliphatic rings. The monoisotopic (exact) mass is 1440 g/mol. The van der Waals surface area contributed by atoms with E-state index in [1.807, 2.05) is 0 Å². The van der Waals surface area contributed by atoms with Crippen molar-refractivity contribution in [3.63, 3.8) is 0 Å². The summed E-state index contributed by atoms with van der Waals surface area (Å²) in [5.74, 6) is -5.12. The Hall–Kier alpha value is -13.4. The van der Waals surface area contributed by atoms with Crippen LogP contribution < -0.4 is 49.2 Å². The van der Waals surface area contributed by atoms with Crippen LogP contribution in [0, 0.1) is 61.0 Å². The second kappa shape index (κ2) is 26.6. The average molecular weight is 1440 g/mol. The van der Waals surface area contributed by atoms with Crippen LogP contribution >= 0.6 is 46.4 Å². The van der Waals surface area contributed by atoms with Gasteiger partial charge in [0.1, 0.15) is 45.3 Å². The quantitative estimate of drug-likeness (QED) is 0.0321. The molecular formula is C66H37Cl4N13O18. The van der Waals surface area contributed by atoms with Crippen molar-refractivity contribution in [1.29, 1.82) is 0 Å². The minimum atomic E-state index is -1.15. The lowest BCUT2D eigenvalue weighted by Crippen LogP contribution is -2.29. The predicted molar refractivity (Wildman–Crippen MR) is 365 cm³/mol. The fraction of sp³-hybridized carbons (Fsp3) is 0.0909.